The van der Waals surface area contributed by atoms with Crippen molar-refractivity contribution in [3.05, 3.63) is 47.7 Å². The van der Waals surface area contributed by atoms with Gasteiger partial charge >= 0.3 is 0 Å². The monoisotopic (exact) mass is 236 g/mol. The van der Waals surface area contributed by atoms with E-state index >= 15 is 0 Å². The smallest absolute Gasteiger partial charge is 0.220 e. The van der Waals surface area contributed by atoms with Crippen molar-refractivity contribution in [3.8, 4) is 23.8 Å². The highest BCUT2D eigenvalue weighted by Crippen LogP contribution is 2.25. The average molecular weight is 236 g/mol. The molecule has 0 spiro atoms. The zero-order valence-electron chi connectivity index (χ0n) is 9.29. The van der Waals surface area contributed by atoms with Gasteiger partial charge in [-0.3, -0.25) is 0 Å². The molecule has 0 radical (unpaired) electrons. The van der Waals surface area contributed by atoms with Crippen molar-refractivity contribution < 1.29 is 4.74 Å². The molecule has 0 unspecified atom stereocenters. The van der Waals surface area contributed by atoms with Crippen LogP contribution in [0.25, 0.3) is 0 Å². The second-order valence-corrected chi connectivity index (χ2v) is 3.46. The molecule has 0 atom stereocenters. The number of nitrogens with zero attached hydrogens (tertiary/aromatic N) is 3. The molecule has 0 aliphatic rings. The van der Waals surface area contributed by atoms with E-state index in [1.165, 1.54) is 18.3 Å². The Hall–Kier alpha value is -3.05. The maximum absolute atomic E-state index is 8.96. The zero-order chi connectivity index (χ0) is 13.0. The topological polar surface area (TPSA) is 95.7 Å². The van der Waals surface area contributed by atoms with Crippen molar-refractivity contribution in [2.45, 2.75) is 0 Å². The molecule has 1 aromatic carbocycles. The minimum Gasteiger partial charge on any atom is -0.438 e. The van der Waals surface area contributed by atoms with E-state index in [9.17, 15) is 0 Å². The van der Waals surface area contributed by atoms with Crippen LogP contribution < -0.4 is 10.5 Å². The highest BCUT2D eigenvalue weighted by molar-refractivity contribution is 5.54. The van der Waals surface area contributed by atoms with Crippen molar-refractivity contribution in [1.82, 2.24) is 4.98 Å². The first-order chi connectivity index (χ1) is 8.72. The summed E-state index contributed by atoms with van der Waals surface area (Å²) in [7, 11) is 0. The summed E-state index contributed by atoms with van der Waals surface area (Å²) < 4.78 is 5.46. The highest BCUT2D eigenvalue weighted by Gasteiger charge is 2.06. The van der Waals surface area contributed by atoms with Gasteiger partial charge in [0.15, 0.2) is 0 Å². The number of rotatable bonds is 2. The first kappa shape index (κ1) is 11.4. The summed E-state index contributed by atoms with van der Waals surface area (Å²) in [6.07, 6.45) is 1.47. The molecule has 1 aromatic heterocycles. The Bertz CT molecular complexity index is 667. The third kappa shape index (κ3) is 2.37. The Morgan fingerprint density at radius 3 is 2.67 bits per heavy atom. The molecule has 0 aliphatic carbocycles. The van der Waals surface area contributed by atoms with Gasteiger partial charge in [0.05, 0.1) is 17.2 Å². The minimum atomic E-state index is 0.260. The molecule has 0 aliphatic heterocycles. The lowest BCUT2D eigenvalue weighted by atomic mass is 10.2. The van der Waals surface area contributed by atoms with Gasteiger partial charge in [0.2, 0.25) is 5.88 Å². The summed E-state index contributed by atoms with van der Waals surface area (Å²) in [4.78, 5) is 3.97. The third-order valence-electron chi connectivity index (χ3n) is 2.20. The van der Waals surface area contributed by atoms with E-state index < -0.39 is 0 Å². The Kier molecular flexibility index (Phi) is 3.08. The van der Waals surface area contributed by atoms with E-state index in [1.807, 2.05) is 12.1 Å². The fourth-order valence-corrected chi connectivity index (χ4v) is 1.37. The number of hydrogen-bond donors (Lipinski definition) is 1. The number of anilines is 1. The second kappa shape index (κ2) is 4.86. The van der Waals surface area contributed by atoms with Crippen LogP contribution in [0.1, 0.15) is 11.1 Å². The Labute approximate surface area is 104 Å². The molecule has 2 rings (SSSR count). The minimum absolute atomic E-state index is 0.260. The predicted octanol–water partition coefficient (Wildman–Crippen LogP) is 2.20. The number of aromatic nitrogens is 1. The van der Waals surface area contributed by atoms with E-state index in [1.54, 1.807) is 18.2 Å². The molecule has 5 nitrogen and oxygen atoms in total. The molecule has 0 bridgehead atoms. The van der Waals surface area contributed by atoms with Gasteiger partial charge in [-0.15, -0.1) is 0 Å². The number of nitrogen functional groups attached to an aromatic ring is 1. The van der Waals surface area contributed by atoms with Gasteiger partial charge in [0, 0.05) is 18.0 Å². The van der Waals surface area contributed by atoms with Gasteiger partial charge in [-0.2, -0.15) is 10.5 Å². The van der Waals surface area contributed by atoms with Crippen LogP contribution in [0.2, 0.25) is 0 Å². The fraction of sp³-hybridized carbons (Fsp3) is 0. The Balaban J connectivity index is 2.35. The summed E-state index contributed by atoms with van der Waals surface area (Å²) in [5, 5.41) is 17.7. The van der Waals surface area contributed by atoms with Crippen LogP contribution in [0.15, 0.2) is 36.5 Å². The molecule has 0 saturated carbocycles. The molecule has 18 heavy (non-hydrogen) atoms. The number of nitrogens with two attached hydrogens (primary N) is 1. The summed E-state index contributed by atoms with van der Waals surface area (Å²) >= 11 is 0. The predicted molar refractivity (Wildman–Crippen MR) is 64.6 cm³/mol. The zero-order valence-corrected chi connectivity index (χ0v) is 9.29. The van der Waals surface area contributed by atoms with Gasteiger partial charge in [0.25, 0.3) is 0 Å². The largest absolute Gasteiger partial charge is 0.438 e. The van der Waals surface area contributed by atoms with Gasteiger partial charge < -0.3 is 10.5 Å². The number of benzene rings is 1. The maximum atomic E-state index is 8.96. The van der Waals surface area contributed by atoms with Crippen molar-refractivity contribution in [1.29, 1.82) is 10.5 Å². The van der Waals surface area contributed by atoms with Crippen LogP contribution in [-0.4, -0.2) is 4.98 Å². The third-order valence-corrected chi connectivity index (χ3v) is 2.20. The van der Waals surface area contributed by atoms with Crippen molar-refractivity contribution in [3.63, 3.8) is 0 Å². The van der Waals surface area contributed by atoms with Crippen LogP contribution in [0.3, 0.4) is 0 Å². The van der Waals surface area contributed by atoms with E-state index in [0.29, 0.717) is 22.6 Å². The van der Waals surface area contributed by atoms with Crippen molar-refractivity contribution >= 4 is 5.69 Å². The molecule has 2 aromatic rings. The highest BCUT2D eigenvalue weighted by atomic mass is 16.5. The van der Waals surface area contributed by atoms with Gasteiger partial charge in [0.1, 0.15) is 11.8 Å². The van der Waals surface area contributed by atoms with Crippen LogP contribution in [0.4, 0.5) is 5.69 Å². The number of ether oxygens (including phenoxy) is 1. The maximum Gasteiger partial charge on any atom is 0.220 e. The first-order valence-electron chi connectivity index (χ1n) is 5.06. The Morgan fingerprint density at radius 2 is 1.94 bits per heavy atom. The lowest BCUT2D eigenvalue weighted by Gasteiger charge is -2.06. The van der Waals surface area contributed by atoms with Gasteiger partial charge in [-0.05, 0) is 24.3 Å². The number of pyridine rings is 1. The standard InChI is InChI=1S/C13H8N4O/c14-7-9-3-4-17-13(5-9)18-12-2-1-11(16)6-10(12)8-15/h1-6H,16H2. The molecule has 86 valence electrons. The van der Waals surface area contributed by atoms with E-state index in [-0.39, 0.29) is 5.88 Å². The van der Waals surface area contributed by atoms with Gasteiger partial charge in [-0.1, -0.05) is 0 Å². The lowest BCUT2D eigenvalue weighted by molar-refractivity contribution is 0.461. The molecule has 0 fully saturated rings. The molecule has 0 saturated heterocycles. The summed E-state index contributed by atoms with van der Waals surface area (Å²) in [6.45, 7) is 0. The van der Waals surface area contributed by atoms with Crippen molar-refractivity contribution in [2.24, 2.45) is 0 Å². The van der Waals surface area contributed by atoms with E-state index in [2.05, 4.69) is 4.98 Å². The van der Waals surface area contributed by atoms with E-state index in [4.69, 9.17) is 21.0 Å². The number of nitriles is 2. The summed E-state index contributed by atoms with van der Waals surface area (Å²) in [5.74, 6) is 0.615. The Morgan fingerprint density at radius 1 is 1.11 bits per heavy atom. The summed E-state index contributed by atoms with van der Waals surface area (Å²) in [6, 6.07) is 11.8. The lowest BCUT2D eigenvalue weighted by Crippen LogP contribution is -1.93. The molecule has 2 N–H and O–H groups in total. The molecule has 1 heterocycles. The molecule has 0 amide bonds. The van der Waals surface area contributed by atoms with Crippen LogP contribution in [0, 0.1) is 22.7 Å². The first-order valence-corrected chi connectivity index (χ1v) is 5.06. The van der Waals surface area contributed by atoms with Crippen LogP contribution >= 0.6 is 0 Å². The van der Waals surface area contributed by atoms with Gasteiger partial charge in [-0.25, -0.2) is 4.98 Å². The number of hydrogen-bond acceptors (Lipinski definition) is 5. The van der Waals surface area contributed by atoms with Crippen LogP contribution in [0.5, 0.6) is 11.6 Å². The normalized spacial score (nSPS) is 9.22. The summed E-state index contributed by atoms with van der Waals surface area (Å²) in [5.41, 5.74) is 6.82. The average Bonchev–Trinajstić information content (AvgIpc) is 2.41. The quantitative estimate of drug-likeness (QED) is 0.806. The molecular formula is C13H8N4O. The SMILES string of the molecule is N#Cc1ccnc(Oc2ccc(N)cc2C#N)c1. The van der Waals surface area contributed by atoms with Crippen LogP contribution in [-0.2, 0) is 0 Å². The molecular weight excluding hydrogens is 228 g/mol. The fourth-order valence-electron chi connectivity index (χ4n) is 1.37. The van der Waals surface area contributed by atoms with E-state index in [0.717, 1.165) is 0 Å². The van der Waals surface area contributed by atoms with Crippen molar-refractivity contribution in [2.75, 3.05) is 5.73 Å². The molecule has 5 heteroatoms. The second-order valence-electron chi connectivity index (χ2n) is 3.46.